The maximum absolute atomic E-state index is 2.22. The molecule has 0 saturated carbocycles. The smallest absolute Gasteiger partial charge is 0 e. The Labute approximate surface area is 144 Å². The molecule has 110 valence electrons. The van der Waals surface area contributed by atoms with Gasteiger partial charge in [-0.15, -0.1) is 34.5 Å². The van der Waals surface area contributed by atoms with Crippen LogP contribution in [0.5, 0.6) is 0 Å². The Bertz CT molecular complexity index is 527. The molecule has 20 heavy (non-hydrogen) atoms. The van der Waals surface area contributed by atoms with Crippen LogP contribution in [0, 0.1) is 36.1 Å². The van der Waals surface area contributed by atoms with E-state index in [2.05, 4.69) is 44.2 Å². The van der Waals surface area contributed by atoms with Crippen molar-refractivity contribution in [1.82, 2.24) is 0 Å². The Morgan fingerprint density at radius 1 is 0.950 bits per heavy atom. The summed E-state index contributed by atoms with van der Waals surface area (Å²) in [6.45, 7) is 4.28. The molecule has 0 aliphatic rings. The summed E-state index contributed by atoms with van der Waals surface area (Å²) < 4.78 is 0. The number of hydrogen-bond donors (Lipinski definition) is 0. The molecule has 0 aliphatic carbocycles. The van der Waals surface area contributed by atoms with Gasteiger partial charge in [0.1, 0.15) is 0 Å². The van der Waals surface area contributed by atoms with Gasteiger partial charge in [-0.2, -0.15) is 30.3 Å². The van der Waals surface area contributed by atoms with Crippen molar-refractivity contribution in [3.63, 3.8) is 0 Å². The molecular weight excluding hydrogens is 319 g/mol. The fourth-order valence-corrected chi connectivity index (χ4v) is 1.80. The van der Waals surface area contributed by atoms with Gasteiger partial charge < -0.3 is 22.3 Å². The zero-order chi connectivity index (χ0) is 11.4. The molecule has 3 rings (SSSR count). The number of benzene rings is 1. The van der Waals surface area contributed by atoms with E-state index in [-0.39, 0.29) is 48.5 Å². The number of aryl methyl sites for hydroxylation is 2. The minimum absolute atomic E-state index is 0. The van der Waals surface area contributed by atoms with E-state index in [0.29, 0.717) is 0 Å². The van der Waals surface area contributed by atoms with Gasteiger partial charge in [-0.1, -0.05) is 12.5 Å². The molecule has 0 radical (unpaired) electrons. The normalized spacial score (nSPS) is 7.90. The van der Waals surface area contributed by atoms with Crippen LogP contribution < -0.4 is 0 Å². The average Bonchev–Trinajstić information content (AvgIpc) is 2.92. The van der Waals surface area contributed by atoms with Crippen molar-refractivity contribution in [3.05, 3.63) is 94.1 Å². The quantitative estimate of drug-likeness (QED) is 0.443. The van der Waals surface area contributed by atoms with Gasteiger partial charge in [0.05, 0.1) is 0 Å². The first kappa shape index (κ1) is 24.1. The molecule has 0 spiro atoms. The minimum atomic E-state index is 0. The van der Waals surface area contributed by atoms with Crippen LogP contribution in [0.2, 0.25) is 0 Å². The molecule has 0 aromatic heterocycles. The van der Waals surface area contributed by atoms with Crippen molar-refractivity contribution in [3.8, 4) is 0 Å². The van der Waals surface area contributed by atoms with Gasteiger partial charge in [-0.25, -0.2) is 12.1 Å². The number of fused-ring (bicyclic) bond motifs is 1. The van der Waals surface area contributed by atoms with E-state index >= 15 is 0 Å². The summed E-state index contributed by atoms with van der Waals surface area (Å²) in [7, 11) is 0. The fraction of sp³-hybridized carbons (Fsp3) is 0.105. The summed E-state index contributed by atoms with van der Waals surface area (Å²) in [5, 5.41) is 2.75. The number of hydrogen-bond acceptors (Lipinski definition) is 0. The molecule has 0 amide bonds. The van der Waals surface area contributed by atoms with Gasteiger partial charge >= 0.3 is 0 Å². The molecule has 0 fully saturated rings. The second-order valence-electron chi connectivity index (χ2n) is 4.07. The Balaban J connectivity index is -0.000000283. The molecular formula is C19H25Zr-5. The first-order chi connectivity index (χ1) is 7.77. The molecule has 0 unspecified atom stereocenters. The van der Waals surface area contributed by atoms with Crippen LogP contribution in [0.3, 0.4) is 0 Å². The van der Waals surface area contributed by atoms with E-state index in [0.717, 1.165) is 0 Å². The molecule has 3 aromatic carbocycles. The van der Waals surface area contributed by atoms with Crippen molar-refractivity contribution in [2.24, 2.45) is 0 Å². The summed E-state index contributed by atoms with van der Waals surface area (Å²) in [6, 6.07) is 20.9. The van der Waals surface area contributed by atoms with Crippen LogP contribution in [0.25, 0.3) is 10.8 Å². The monoisotopic (exact) mass is 343 g/mol. The van der Waals surface area contributed by atoms with E-state index < -0.39 is 0 Å². The zero-order valence-electron chi connectivity index (χ0n) is 13.3. The van der Waals surface area contributed by atoms with Gasteiger partial charge in [0, 0.05) is 26.2 Å². The van der Waals surface area contributed by atoms with Crippen molar-refractivity contribution in [2.45, 2.75) is 13.8 Å². The molecule has 0 saturated heterocycles. The van der Waals surface area contributed by atoms with Gasteiger partial charge in [0.2, 0.25) is 0 Å². The van der Waals surface area contributed by atoms with Crippen molar-refractivity contribution >= 4 is 10.8 Å². The molecule has 0 heterocycles. The van der Waals surface area contributed by atoms with Gasteiger partial charge in [0.15, 0.2) is 0 Å². The van der Waals surface area contributed by atoms with E-state index in [9.17, 15) is 0 Å². The summed E-state index contributed by atoms with van der Waals surface area (Å²) in [4.78, 5) is 0. The standard InChI is InChI=1S/C11H11.C5H5.3CH3.Zr/c1-8-3-6-11-9(2)4-5-10(11)7-8;1-2-4-5-3-1;;;;/h3-7H,1-2H3;1-5H;3*1H3;/q5*-1;. The molecule has 0 atom stereocenters. The van der Waals surface area contributed by atoms with E-state index in [1.165, 1.54) is 21.9 Å². The third-order valence-corrected chi connectivity index (χ3v) is 2.70. The maximum Gasteiger partial charge on any atom is 0 e. The Morgan fingerprint density at radius 3 is 2.05 bits per heavy atom. The second kappa shape index (κ2) is 11.9. The largest absolute Gasteiger partial charge is 0.358 e. The summed E-state index contributed by atoms with van der Waals surface area (Å²) in [6.07, 6.45) is 0. The second-order valence-corrected chi connectivity index (χ2v) is 4.07. The number of rotatable bonds is 0. The average molecular weight is 345 g/mol. The first-order valence-electron chi connectivity index (χ1n) is 5.57. The molecule has 0 bridgehead atoms. The summed E-state index contributed by atoms with van der Waals surface area (Å²) in [5.41, 5.74) is 2.71. The first-order valence-corrected chi connectivity index (χ1v) is 5.57. The topological polar surface area (TPSA) is 0 Å². The Morgan fingerprint density at radius 2 is 1.55 bits per heavy atom. The Kier molecular flexibility index (Phi) is 14.3. The third-order valence-electron chi connectivity index (χ3n) is 2.70. The van der Waals surface area contributed by atoms with E-state index in [4.69, 9.17) is 0 Å². The van der Waals surface area contributed by atoms with Gasteiger partial charge in [-0.05, 0) is 6.92 Å². The van der Waals surface area contributed by atoms with E-state index in [1.807, 2.05) is 30.3 Å². The van der Waals surface area contributed by atoms with Crippen LogP contribution in [-0.4, -0.2) is 0 Å². The summed E-state index contributed by atoms with van der Waals surface area (Å²) in [5.74, 6) is 0. The van der Waals surface area contributed by atoms with Crippen molar-refractivity contribution < 1.29 is 26.2 Å². The van der Waals surface area contributed by atoms with Crippen LogP contribution in [0.4, 0.5) is 0 Å². The summed E-state index contributed by atoms with van der Waals surface area (Å²) >= 11 is 0. The molecule has 3 aromatic rings. The van der Waals surface area contributed by atoms with Crippen LogP contribution in [0.15, 0.2) is 60.7 Å². The van der Waals surface area contributed by atoms with Crippen molar-refractivity contribution in [2.75, 3.05) is 0 Å². The van der Waals surface area contributed by atoms with Crippen LogP contribution in [0.1, 0.15) is 11.1 Å². The van der Waals surface area contributed by atoms with Gasteiger partial charge in [-0.3, -0.25) is 0 Å². The maximum atomic E-state index is 2.22. The minimum Gasteiger partial charge on any atom is -0.358 e. The SMILES string of the molecule is Cc1ccc2c(cc[c-]2C)c1.[CH3-].[CH3-].[CH3-].[Zr].c1cc[cH-]c1. The fourth-order valence-electron chi connectivity index (χ4n) is 1.80. The molecule has 1 heteroatoms. The molecule has 0 aliphatic heterocycles. The van der Waals surface area contributed by atoms with Crippen LogP contribution >= 0.6 is 0 Å². The van der Waals surface area contributed by atoms with Crippen LogP contribution in [-0.2, 0) is 26.2 Å². The predicted molar refractivity (Wildman–Crippen MR) is 90.3 cm³/mol. The molecule has 0 nitrogen and oxygen atoms in total. The predicted octanol–water partition coefficient (Wildman–Crippen LogP) is 5.93. The zero-order valence-corrected chi connectivity index (χ0v) is 15.7. The van der Waals surface area contributed by atoms with Gasteiger partial charge in [0.25, 0.3) is 0 Å². The third kappa shape index (κ3) is 6.48. The molecule has 0 N–H and O–H groups in total. The van der Waals surface area contributed by atoms with Crippen molar-refractivity contribution in [1.29, 1.82) is 0 Å². The van der Waals surface area contributed by atoms with E-state index in [1.54, 1.807) is 0 Å². The Hall–Kier alpha value is -0.937.